The third-order valence-corrected chi connectivity index (χ3v) is 6.50. The zero-order valence-corrected chi connectivity index (χ0v) is 17.7. The molecule has 0 radical (unpaired) electrons. The van der Waals surface area contributed by atoms with Crippen LogP contribution in [0.1, 0.15) is 40.7 Å². The minimum atomic E-state index is -0.214. The quantitative estimate of drug-likeness (QED) is 0.826. The number of amides is 1. The highest BCUT2D eigenvalue weighted by molar-refractivity contribution is 5.97. The van der Waals surface area contributed by atoms with Gasteiger partial charge in [-0.1, -0.05) is 11.6 Å². The molecule has 4 rings (SSSR count). The number of hydrogen-bond acceptors (Lipinski definition) is 4. The van der Waals surface area contributed by atoms with Crippen LogP contribution in [-0.2, 0) is 6.54 Å². The lowest BCUT2D eigenvalue weighted by Crippen LogP contribution is -2.45. The lowest BCUT2D eigenvalue weighted by atomic mass is 9.79. The lowest BCUT2D eigenvalue weighted by Gasteiger charge is -2.40. The fraction of sp³-hybridized carbons (Fsp3) is 0.458. The van der Waals surface area contributed by atoms with Gasteiger partial charge in [-0.15, -0.1) is 0 Å². The van der Waals surface area contributed by atoms with Gasteiger partial charge in [0, 0.05) is 37.2 Å². The van der Waals surface area contributed by atoms with Crippen molar-refractivity contribution in [1.29, 1.82) is 0 Å². The van der Waals surface area contributed by atoms with Crippen molar-refractivity contribution in [2.45, 2.75) is 32.7 Å². The van der Waals surface area contributed by atoms with E-state index in [1.165, 1.54) is 6.07 Å². The van der Waals surface area contributed by atoms with Gasteiger partial charge in [0.1, 0.15) is 17.3 Å². The molecule has 2 aliphatic heterocycles. The molecule has 5 nitrogen and oxygen atoms in total. The molecule has 2 aromatic rings. The van der Waals surface area contributed by atoms with Crippen LogP contribution in [-0.4, -0.2) is 54.1 Å². The minimum absolute atomic E-state index is 0.0305. The van der Waals surface area contributed by atoms with Crippen LogP contribution in [0.4, 0.5) is 4.39 Å². The Morgan fingerprint density at radius 1 is 1.17 bits per heavy atom. The largest absolute Gasteiger partial charge is 0.507 e. The summed E-state index contributed by atoms with van der Waals surface area (Å²) in [5.41, 5.74) is 2.00. The Labute approximate surface area is 177 Å². The van der Waals surface area contributed by atoms with Gasteiger partial charge in [-0.25, -0.2) is 4.39 Å². The van der Waals surface area contributed by atoms with E-state index in [0.717, 1.165) is 37.9 Å². The van der Waals surface area contributed by atoms with E-state index in [1.807, 2.05) is 11.8 Å². The van der Waals surface area contributed by atoms with E-state index in [4.69, 9.17) is 4.74 Å². The fourth-order valence-corrected chi connectivity index (χ4v) is 4.92. The SMILES string of the molecule is COc1ccc(F)c(CN2CCC[C@]3(CCN(C(=O)c4cc(C)ccc4O)C3)C2)c1. The van der Waals surface area contributed by atoms with Crippen molar-refractivity contribution in [1.82, 2.24) is 9.80 Å². The zero-order valence-electron chi connectivity index (χ0n) is 17.7. The van der Waals surface area contributed by atoms with Crippen molar-refractivity contribution < 1.29 is 19.0 Å². The minimum Gasteiger partial charge on any atom is -0.507 e. The predicted molar refractivity (Wildman–Crippen MR) is 113 cm³/mol. The summed E-state index contributed by atoms with van der Waals surface area (Å²) < 4.78 is 19.5. The van der Waals surface area contributed by atoms with E-state index in [0.29, 0.717) is 36.5 Å². The van der Waals surface area contributed by atoms with Gasteiger partial charge in [0.2, 0.25) is 0 Å². The monoisotopic (exact) mass is 412 g/mol. The molecule has 2 aromatic carbocycles. The molecule has 0 saturated carbocycles. The number of benzene rings is 2. The number of halogens is 1. The van der Waals surface area contributed by atoms with Crippen molar-refractivity contribution in [2.75, 3.05) is 33.3 Å². The number of likely N-dealkylation sites (tertiary alicyclic amines) is 2. The number of carbonyl (C=O) groups excluding carboxylic acids is 1. The van der Waals surface area contributed by atoms with Crippen molar-refractivity contribution in [3.8, 4) is 11.5 Å². The van der Waals surface area contributed by atoms with E-state index in [1.54, 1.807) is 37.4 Å². The van der Waals surface area contributed by atoms with E-state index >= 15 is 0 Å². The topological polar surface area (TPSA) is 53.0 Å². The smallest absolute Gasteiger partial charge is 0.257 e. The zero-order chi connectivity index (χ0) is 21.3. The standard InChI is InChI=1S/C24H29FN2O3/c1-17-4-7-22(28)20(12-17)23(29)27-11-9-24(16-27)8-3-10-26(15-24)14-18-13-19(30-2)5-6-21(18)25/h4-7,12-13,28H,3,8-11,14-16H2,1-2H3/t24-/m0/s1. The molecular weight excluding hydrogens is 383 g/mol. The van der Waals surface area contributed by atoms with Crippen LogP contribution in [0.5, 0.6) is 11.5 Å². The average molecular weight is 413 g/mol. The molecule has 6 heteroatoms. The van der Waals surface area contributed by atoms with Gasteiger partial charge in [0.25, 0.3) is 5.91 Å². The van der Waals surface area contributed by atoms with Gasteiger partial charge < -0.3 is 14.7 Å². The molecule has 2 saturated heterocycles. The molecule has 1 N–H and O–H groups in total. The average Bonchev–Trinajstić information content (AvgIpc) is 3.14. The van der Waals surface area contributed by atoms with Gasteiger partial charge in [-0.2, -0.15) is 0 Å². The Morgan fingerprint density at radius 2 is 2.00 bits per heavy atom. The highest BCUT2D eigenvalue weighted by atomic mass is 19.1. The number of phenols is 1. The summed E-state index contributed by atoms with van der Waals surface area (Å²) in [5.74, 6) is 0.372. The normalized spacial score (nSPS) is 21.9. The summed E-state index contributed by atoms with van der Waals surface area (Å²) in [6.07, 6.45) is 3.03. The Morgan fingerprint density at radius 3 is 2.80 bits per heavy atom. The summed E-state index contributed by atoms with van der Waals surface area (Å²) in [5, 5.41) is 10.1. The van der Waals surface area contributed by atoms with Crippen LogP contribution < -0.4 is 4.74 Å². The van der Waals surface area contributed by atoms with Crippen LogP contribution >= 0.6 is 0 Å². The van der Waals surface area contributed by atoms with Gasteiger partial charge in [-0.3, -0.25) is 9.69 Å². The van der Waals surface area contributed by atoms with Crippen molar-refractivity contribution in [2.24, 2.45) is 5.41 Å². The Kier molecular flexibility index (Phi) is 5.69. The number of piperidine rings is 1. The molecule has 0 unspecified atom stereocenters. The molecule has 2 aliphatic rings. The highest BCUT2D eigenvalue weighted by Gasteiger charge is 2.43. The molecule has 2 fully saturated rings. The van der Waals surface area contributed by atoms with Crippen LogP contribution in [0.15, 0.2) is 36.4 Å². The van der Waals surface area contributed by atoms with E-state index in [-0.39, 0.29) is 22.9 Å². The Hall–Kier alpha value is -2.60. The second kappa shape index (κ2) is 8.26. The molecule has 2 heterocycles. The summed E-state index contributed by atoms with van der Waals surface area (Å²) in [7, 11) is 1.59. The summed E-state index contributed by atoms with van der Waals surface area (Å²) >= 11 is 0. The first-order chi connectivity index (χ1) is 14.4. The van der Waals surface area contributed by atoms with E-state index in [2.05, 4.69) is 4.90 Å². The second-order valence-electron chi connectivity index (χ2n) is 8.77. The first-order valence-electron chi connectivity index (χ1n) is 10.5. The third kappa shape index (κ3) is 4.15. The Bertz CT molecular complexity index is 948. The van der Waals surface area contributed by atoms with Gasteiger partial charge in [0.05, 0.1) is 12.7 Å². The second-order valence-corrected chi connectivity index (χ2v) is 8.77. The number of methoxy groups -OCH3 is 1. The maximum absolute atomic E-state index is 14.3. The first kappa shape index (κ1) is 20.7. The number of carbonyl (C=O) groups is 1. The molecular formula is C24H29FN2O3. The number of aryl methyl sites for hydroxylation is 1. The molecule has 160 valence electrons. The van der Waals surface area contributed by atoms with Crippen LogP contribution in [0.25, 0.3) is 0 Å². The number of aromatic hydroxyl groups is 1. The third-order valence-electron chi connectivity index (χ3n) is 6.50. The van der Waals surface area contributed by atoms with E-state index in [9.17, 15) is 14.3 Å². The summed E-state index contributed by atoms with van der Waals surface area (Å²) in [6, 6.07) is 9.99. The van der Waals surface area contributed by atoms with Gasteiger partial charge in [-0.05, 0) is 63.1 Å². The van der Waals surface area contributed by atoms with Crippen molar-refractivity contribution in [3.05, 3.63) is 58.9 Å². The highest BCUT2D eigenvalue weighted by Crippen LogP contribution is 2.40. The predicted octanol–water partition coefficient (Wildman–Crippen LogP) is 3.98. The molecule has 0 aliphatic carbocycles. The number of nitrogens with zero attached hydrogens (tertiary/aromatic N) is 2. The van der Waals surface area contributed by atoms with Gasteiger partial charge >= 0.3 is 0 Å². The molecule has 1 spiro atoms. The summed E-state index contributed by atoms with van der Waals surface area (Å²) in [4.78, 5) is 17.2. The number of ether oxygens (including phenoxy) is 1. The molecule has 1 atom stereocenters. The first-order valence-corrected chi connectivity index (χ1v) is 10.5. The number of hydrogen-bond donors (Lipinski definition) is 1. The maximum Gasteiger partial charge on any atom is 0.257 e. The molecule has 0 bridgehead atoms. The van der Waals surface area contributed by atoms with Crippen LogP contribution in [0.3, 0.4) is 0 Å². The van der Waals surface area contributed by atoms with Crippen LogP contribution in [0, 0.1) is 18.2 Å². The summed E-state index contributed by atoms with van der Waals surface area (Å²) in [6.45, 7) is 5.58. The maximum atomic E-state index is 14.3. The molecule has 0 aromatic heterocycles. The number of rotatable bonds is 4. The fourth-order valence-electron chi connectivity index (χ4n) is 4.92. The lowest BCUT2D eigenvalue weighted by molar-refractivity contribution is 0.0671. The van der Waals surface area contributed by atoms with Crippen molar-refractivity contribution >= 4 is 5.91 Å². The van der Waals surface area contributed by atoms with Crippen LogP contribution in [0.2, 0.25) is 0 Å². The van der Waals surface area contributed by atoms with Gasteiger partial charge in [0.15, 0.2) is 0 Å². The van der Waals surface area contributed by atoms with E-state index < -0.39 is 0 Å². The molecule has 1 amide bonds. The molecule has 30 heavy (non-hydrogen) atoms. The van der Waals surface area contributed by atoms with Crippen molar-refractivity contribution in [3.63, 3.8) is 0 Å². The Balaban J connectivity index is 1.45. The number of phenolic OH excluding ortho intramolecular Hbond substituents is 1.